The van der Waals surface area contributed by atoms with Crippen LogP contribution in [0, 0.1) is 11.6 Å². The molecule has 0 spiro atoms. The van der Waals surface area contributed by atoms with Crippen LogP contribution in [0.2, 0.25) is 0 Å². The van der Waals surface area contributed by atoms with Crippen LogP contribution in [0.25, 0.3) is 0 Å². The van der Waals surface area contributed by atoms with E-state index in [0.717, 1.165) is 26.9 Å². The lowest BCUT2D eigenvalue weighted by atomic mass is 10.1. The lowest BCUT2D eigenvalue weighted by Gasteiger charge is -2.26. The van der Waals surface area contributed by atoms with Crippen LogP contribution in [-0.4, -0.2) is 19.3 Å². The molecule has 1 aromatic carbocycles. The minimum atomic E-state index is -4.12. The zero-order valence-electron chi connectivity index (χ0n) is 10.8. The molecule has 0 saturated heterocycles. The molecule has 2 aromatic rings. The number of fused-ring (bicyclic) bond motifs is 1. The number of hydrogen-bond donors (Lipinski definition) is 1. The topological polar surface area (TPSA) is 63.4 Å². The summed E-state index contributed by atoms with van der Waals surface area (Å²) in [5, 5.41) is 1.89. The van der Waals surface area contributed by atoms with E-state index in [-0.39, 0.29) is 18.8 Å². The van der Waals surface area contributed by atoms with Gasteiger partial charge in [-0.1, -0.05) is 0 Å². The minimum absolute atomic E-state index is 0.124. The van der Waals surface area contributed by atoms with Crippen molar-refractivity contribution in [1.82, 2.24) is 4.31 Å². The molecule has 2 heterocycles. The van der Waals surface area contributed by atoms with Crippen molar-refractivity contribution in [3.63, 3.8) is 0 Å². The van der Waals surface area contributed by atoms with E-state index < -0.39 is 26.6 Å². The molecular weight excluding hydrogens is 318 g/mol. The van der Waals surface area contributed by atoms with Crippen LogP contribution in [0.5, 0.6) is 0 Å². The van der Waals surface area contributed by atoms with Crippen molar-refractivity contribution < 1.29 is 17.2 Å². The summed E-state index contributed by atoms with van der Waals surface area (Å²) in [6.45, 7) is 0.405. The Balaban J connectivity index is 2.03. The van der Waals surface area contributed by atoms with Crippen LogP contribution in [0.1, 0.15) is 10.4 Å². The first kappa shape index (κ1) is 14.4. The van der Waals surface area contributed by atoms with Crippen LogP contribution in [0.15, 0.2) is 28.5 Å². The van der Waals surface area contributed by atoms with Gasteiger partial charge in [0, 0.05) is 23.7 Å². The van der Waals surface area contributed by atoms with Crippen LogP contribution >= 0.6 is 11.3 Å². The molecule has 112 valence electrons. The first-order chi connectivity index (χ1) is 9.89. The highest BCUT2D eigenvalue weighted by molar-refractivity contribution is 7.89. The molecule has 0 radical (unpaired) electrons. The fourth-order valence-electron chi connectivity index (χ4n) is 2.34. The summed E-state index contributed by atoms with van der Waals surface area (Å²) in [6, 6.07) is 3.57. The summed E-state index contributed by atoms with van der Waals surface area (Å²) in [7, 11) is -4.12. The van der Waals surface area contributed by atoms with Crippen molar-refractivity contribution in [1.29, 1.82) is 0 Å². The van der Waals surface area contributed by atoms with Crippen LogP contribution < -0.4 is 5.73 Å². The molecular formula is C13H12F2N2O2S2. The van der Waals surface area contributed by atoms with E-state index >= 15 is 0 Å². The van der Waals surface area contributed by atoms with Gasteiger partial charge in [-0.2, -0.15) is 4.31 Å². The van der Waals surface area contributed by atoms with E-state index in [1.807, 2.05) is 11.4 Å². The third kappa shape index (κ3) is 2.43. The highest BCUT2D eigenvalue weighted by Crippen LogP contribution is 2.30. The van der Waals surface area contributed by atoms with Crippen molar-refractivity contribution in [2.24, 2.45) is 0 Å². The number of halogens is 2. The maximum absolute atomic E-state index is 13.8. The summed E-state index contributed by atoms with van der Waals surface area (Å²) in [5.41, 5.74) is 6.20. The maximum atomic E-state index is 13.8. The van der Waals surface area contributed by atoms with Gasteiger partial charge in [0.15, 0.2) is 11.6 Å². The van der Waals surface area contributed by atoms with Crippen molar-refractivity contribution >= 4 is 27.0 Å². The molecule has 21 heavy (non-hydrogen) atoms. The first-order valence-corrected chi connectivity index (χ1v) is 8.51. The molecule has 2 N–H and O–H groups in total. The van der Waals surface area contributed by atoms with Gasteiger partial charge in [-0.05, 0) is 35.6 Å². The van der Waals surface area contributed by atoms with Gasteiger partial charge in [0.05, 0.1) is 0 Å². The van der Waals surface area contributed by atoms with Gasteiger partial charge in [-0.25, -0.2) is 17.2 Å². The first-order valence-electron chi connectivity index (χ1n) is 6.19. The van der Waals surface area contributed by atoms with E-state index in [4.69, 9.17) is 5.73 Å². The fourth-order valence-corrected chi connectivity index (χ4v) is 4.76. The number of sulfonamides is 1. The summed E-state index contributed by atoms with van der Waals surface area (Å²) in [4.78, 5) is 0.416. The SMILES string of the molecule is Nc1cc(F)c(F)c(S(=O)(=O)N2CCc3sccc3C2)c1. The molecule has 0 amide bonds. The molecule has 0 unspecified atom stereocenters. The number of anilines is 1. The second-order valence-corrected chi connectivity index (χ2v) is 7.68. The van der Waals surface area contributed by atoms with E-state index in [0.29, 0.717) is 6.42 Å². The van der Waals surface area contributed by atoms with Crippen LogP contribution in [0.4, 0.5) is 14.5 Å². The van der Waals surface area contributed by atoms with Gasteiger partial charge in [-0.3, -0.25) is 0 Å². The highest BCUT2D eigenvalue weighted by Gasteiger charge is 2.32. The van der Waals surface area contributed by atoms with Gasteiger partial charge in [-0.15, -0.1) is 11.3 Å². The Morgan fingerprint density at radius 2 is 2.05 bits per heavy atom. The summed E-state index contributed by atoms with van der Waals surface area (Å²) < 4.78 is 53.4. The standard InChI is InChI=1S/C13H12F2N2O2S2/c14-10-5-9(16)6-12(13(10)15)21(18,19)17-3-1-11-8(7-17)2-4-20-11/h2,4-6H,1,3,7,16H2. The molecule has 0 atom stereocenters. The molecule has 0 aliphatic carbocycles. The van der Waals surface area contributed by atoms with Gasteiger partial charge >= 0.3 is 0 Å². The Morgan fingerprint density at radius 1 is 1.29 bits per heavy atom. The second-order valence-electron chi connectivity index (χ2n) is 4.77. The third-order valence-electron chi connectivity index (χ3n) is 3.41. The second kappa shape index (κ2) is 5.04. The Hall–Kier alpha value is -1.51. The zero-order valence-corrected chi connectivity index (χ0v) is 12.5. The molecule has 0 saturated carbocycles. The Morgan fingerprint density at radius 3 is 2.81 bits per heavy atom. The lowest BCUT2D eigenvalue weighted by molar-refractivity contribution is 0.388. The summed E-state index contributed by atoms with van der Waals surface area (Å²) in [6.07, 6.45) is 0.568. The number of nitrogen functional groups attached to an aromatic ring is 1. The number of thiophene rings is 1. The van der Waals surface area contributed by atoms with Crippen molar-refractivity contribution in [2.75, 3.05) is 12.3 Å². The number of benzene rings is 1. The van der Waals surface area contributed by atoms with Crippen LogP contribution in [0.3, 0.4) is 0 Å². The maximum Gasteiger partial charge on any atom is 0.246 e. The van der Waals surface area contributed by atoms with Crippen molar-refractivity contribution in [3.05, 3.63) is 45.7 Å². The predicted molar refractivity (Wildman–Crippen MR) is 76.4 cm³/mol. The molecule has 1 aliphatic rings. The monoisotopic (exact) mass is 330 g/mol. The fraction of sp³-hybridized carbons (Fsp3) is 0.231. The van der Waals surface area contributed by atoms with E-state index in [9.17, 15) is 17.2 Å². The minimum Gasteiger partial charge on any atom is -0.399 e. The van der Waals surface area contributed by atoms with Crippen molar-refractivity contribution in [2.45, 2.75) is 17.9 Å². The van der Waals surface area contributed by atoms with Crippen LogP contribution in [-0.2, 0) is 23.0 Å². The largest absolute Gasteiger partial charge is 0.399 e. The number of rotatable bonds is 2. The normalized spacial score (nSPS) is 15.9. The van der Waals surface area contributed by atoms with E-state index in [1.165, 1.54) is 0 Å². The molecule has 0 fully saturated rings. The molecule has 3 rings (SSSR count). The van der Waals surface area contributed by atoms with Crippen molar-refractivity contribution in [3.8, 4) is 0 Å². The Kier molecular flexibility index (Phi) is 3.46. The Labute approximate surface area is 124 Å². The molecule has 4 nitrogen and oxygen atoms in total. The van der Waals surface area contributed by atoms with Gasteiger partial charge in [0.25, 0.3) is 0 Å². The highest BCUT2D eigenvalue weighted by atomic mass is 32.2. The zero-order chi connectivity index (χ0) is 15.2. The van der Waals surface area contributed by atoms with Gasteiger partial charge in [0.2, 0.25) is 10.0 Å². The smallest absolute Gasteiger partial charge is 0.246 e. The Bertz CT molecular complexity index is 802. The summed E-state index contributed by atoms with van der Waals surface area (Å²) in [5.74, 6) is -2.65. The van der Waals surface area contributed by atoms with Gasteiger partial charge in [0.1, 0.15) is 4.90 Å². The number of nitrogens with two attached hydrogens (primary N) is 1. The molecule has 8 heteroatoms. The summed E-state index contributed by atoms with van der Waals surface area (Å²) >= 11 is 1.57. The van der Waals surface area contributed by atoms with Gasteiger partial charge < -0.3 is 5.73 Å². The number of hydrogen-bond acceptors (Lipinski definition) is 4. The quantitative estimate of drug-likeness (QED) is 0.860. The third-order valence-corrected chi connectivity index (χ3v) is 6.28. The average Bonchev–Trinajstić information content (AvgIpc) is 2.89. The van der Waals surface area contributed by atoms with E-state index in [2.05, 4.69) is 0 Å². The molecule has 0 bridgehead atoms. The molecule has 1 aliphatic heterocycles. The van der Waals surface area contributed by atoms with E-state index in [1.54, 1.807) is 11.3 Å². The molecule has 1 aromatic heterocycles. The lowest BCUT2D eigenvalue weighted by Crippen LogP contribution is -2.36. The number of nitrogens with zero attached hydrogens (tertiary/aromatic N) is 1. The predicted octanol–water partition coefficient (Wildman–Crippen LogP) is 2.36. The average molecular weight is 330 g/mol.